The van der Waals surface area contributed by atoms with E-state index in [4.69, 9.17) is 14.3 Å². The third kappa shape index (κ3) is 3.55. The third-order valence-corrected chi connectivity index (χ3v) is 3.45. The van der Waals surface area contributed by atoms with Crippen molar-refractivity contribution in [1.29, 1.82) is 0 Å². The topological polar surface area (TPSA) is 81.7 Å². The summed E-state index contributed by atoms with van der Waals surface area (Å²) in [6.07, 6.45) is 1.71. The molecule has 0 aliphatic rings. The lowest BCUT2D eigenvalue weighted by atomic mass is 10.2. The van der Waals surface area contributed by atoms with Gasteiger partial charge in [0.25, 0.3) is 0 Å². The summed E-state index contributed by atoms with van der Waals surface area (Å²) in [6, 6.07) is 15.7. The molecule has 0 saturated carbocycles. The van der Waals surface area contributed by atoms with Crippen molar-refractivity contribution in [1.82, 2.24) is 4.57 Å². The Hall–Kier alpha value is -3.28. The fourth-order valence-corrected chi connectivity index (χ4v) is 2.28. The number of furan rings is 1. The molecule has 0 amide bonds. The molecule has 0 saturated heterocycles. The molecule has 3 aromatic rings. The van der Waals surface area contributed by atoms with Gasteiger partial charge in [-0.2, -0.15) is 0 Å². The molecule has 2 aromatic heterocycles. The Labute approximate surface area is 137 Å². The van der Waals surface area contributed by atoms with Crippen LogP contribution in [0.5, 0.6) is 0 Å². The molecule has 0 spiro atoms. The normalized spacial score (nSPS) is 10.5. The van der Waals surface area contributed by atoms with Gasteiger partial charge in [-0.25, -0.2) is 9.59 Å². The predicted molar refractivity (Wildman–Crippen MR) is 84.8 cm³/mol. The zero-order valence-corrected chi connectivity index (χ0v) is 12.7. The lowest BCUT2D eigenvalue weighted by Crippen LogP contribution is -2.12. The number of carboxylic acids is 1. The predicted octanol–water partition coefficient (Wildman–Crippen LogP) is 3.18. The summed E-state index contributed by atoms with van der Waals surface area (Å²) in [5.41, 5.74) is 1.28. The second-order valence-corrected chi connectivity index (χ2v) is 5.15. The molecule has 0 aliphatic heterocycles. The first-order valence-corrected chi connectivity index (χ1v) is 7.31. The van der Waals surface area contributed by atoms with Gasteiger partial charge in [0.1, 0.15) is 18.1 Å². The molecular formula is C18H15NO5. The largest absolute Gasteiger partial charge is 0.475 e. The zero-order valence-electron chi connectivity index (χ0n) is 12.7. The Kier molecular flexibility index (Phi) is 4.47. The van der Waals surface area contributed by atoms with E-state index in [2.05, 4.69) is 0 Å². The van der Waals surface area contributed by atoms with E-state index in [0.717, 1.165) is 5.56 Å². The van der Waals surface area contributed by atoms with Crippen LogP contribution in [0.3, 0.4) is 0 Å². The van der Waals surface area contributed by atoms with Crippen molar-refractivity contribution in [3.63, 3.8) is 0 Å². The highest BCUT2D eigenvalue weighted by atomic mass is 16.5. The lowest BCUT2D eigenvalue weighted by molar-refractivity contribution is 0.0459. The molecule has 6 heteroatoms. The summed E-state index contributed by atoms with van der Waals surface area (Å²) in [5.74, 6) is -1.27. The summed E-state index contributed by atoms with van der Waals surface area (Å²) in [7, 11) is 0. The summed E-state index contributed by atoms with van der Waals surface area (Å²) in [5, 5.41) is 8.87. The number of carbonyl (C=O) groups is 2. The van der Waals surface area contributed by atoms with E-state index < -0.39 is 11.9 Å². The number of rotatable bonds is 6. The van der Waals surface area contributed by atoms with E-state index in [9.17, 15) is 9.59 Å². The molecule has 1 N–H and O–H groups in total. The van der Waals surface area contributed by atoms with Crippen molar-refractivity contribution in [2.24, 2.45) is 0 Å². The summed E-state index contributed by atoms with van der Waals surface area (Å²) < 4.78 is 12.2. The van der Waals surface area contributed by atoms with Crippen LogP contribution < -0.4 is 0 Å². The average Bonchev–Trinajstić information content (AvgIpc) is 3.23. The molecular weight excluding hydrogens is 310 g/mol. The summed E-state index contributed by atoms with van der Waals surface area (Å²) in [6.45, 7) is 0.435. The second-order valence-electron chi connectivity index (χ2n) is 5.15. The monoisotopic (exact) mass is 325 g/mol. The van der Waals surface area contributed by atoms with Crippen molar-refractivity contribution in [3.8, 4) is 0 Å². The standard InChI is InChI=1S/C18H15NO5/c20-17(21)16-9-8-14(24-16)11-19-10-4-7-15(19)18(22)23-12-13-5-2-1-3-6-13/h1-10H,11-12H2,(H,20,21). The molecule has 0 atom stereocenters. The minimum atomic E-state index is -1.13. The number of carbonyl (C=O) groups excluding carboxylic acids is 1. The molecule has 0 radical (unpaired) electrons. The van der Waals surface area contributed by atoms with Gasteiger partial charge in [0, 0.05) is 6.20 Å². The Balaban J connectivity index is 1.67. The second kappa shape index (κ2) is 6.87. The minimum Gasteiger partial charge on any atom is -0.475 e. The van der Waals surface area contributed by atoms with Crippen LogP contribution >= 0.6 is 0 Å². The number of aromatic carboxylic acids is 1. The van der Waals surface area contributed by atoms with Crippen LogP contribution in [-0.2, 0) is 17.9 Å². The quantitative estimate of drug-likeness (QED) is 0.704. The first kappa shape index (κ1) is 15.6. The smallest absolute Gasteiger partial charge is 0.371 e. The van der Waals surface area contributed by atoms with Crippen LogP contribution in [-0.4, -0.2) is 21.6 Å². The van der Waals surface area contributed by atoms with Gasteiger partial charge in [-0.3, -0.25) is 0 Å². The number of hydrogen-bond acceptors (Lipinski definition) is 4. The Bertz CT molecular complexity index is 847. The number of ether oxygens (including phenoxy) is 1. The molecule has 24 heavy (non-hydrogen) atoms. The van der Waals surface area contributed by atoms with Crippen LogP contribution in [0, 0.1) is 0 Å². The average molecular weight is 325 g/mol. The molecule has 6 nitrogen and oxygen atoms in total. The Morgan fingerprint density at radius 3 is 2.54 bits per heavy atom. The summed E-state index contributed by atoms with van der Waals surface area (Å²) in [4.78, 5) is 23.1. The van der Waals surface area contributed by atoms with Crippen molar-refractivity contribution >= 4 is 11.9 Å². The van der Waals surface area contributed by atoms with Gasteiger partial charge in [0.15, 0.2) is 0 Å². The summed E-state index contributed by atoms with van der Waals surface area (Å²) >= 11 is 0. The third-order valence-electron chi connectivity index (χ3n) is 3.45. The first-order valence-electron chi connectivity index (χ1n) is 7.31. The van der Waals surface area contributed by atoms with E-state index in [-0.39, 0.29) is 18.9 Å². The molecule has 122 valence electrons. The van der Waals surface area contributed by atoms with Crippen molar-refractivity contribution in [3.05, 3.63) is 83.6 Å². The molecule has 0 fully saturated rings. The van der Waals surface area contributed by atoms with Crippen LogP contribution in [0.4, 0.5) is 0 Å². The van der Waals surface area contributed by atoms with Crippen molar-refractivity contribution in [2.45, 2.75) is 13.2 Å². The van der Waals surface area contributed by atoms with E-state index in [1.807, 2.05) is 30.3 Å². The van der Waals surface area contributed by atoms with Gasteiger partial charge in [-0.05, 0) is 29.8 Å². The van der Waals surface area contributed by atoms with Gasteiger partial charge < -0.3 is 18.8 Å². The zero-order chi connectivity index (χ0) is 16.9. The van der Waals surface area contributed by atoms with Gasteiger partial charge >= 0.3 is 11.9 Å². The highest BCUT2D eigenvalue weighted by Crippen LogP contribution is 2.13. The number of nitrogens with zero attached hydrogens (tertiary/aromatic N) is 1. The van der Waals surface area contributed by atoms with Crippen LogP contribution in [0.15, 0.2) is 65.2 Å². The number of aromatic nitrogens is 1. The van der Waals surface area contributed by atoms with Gasteiger partial charge in [0.2, 0.25) is 5.76 Å². The van der Waals surface area contributed by atoms with E-state index in [0.29, 0.717) is 11.5 Å². The highest BCUT2D eigenvalue weighted by Gasteiger charge is 2.15. The fraction of sp³-hybridized carbons (Fsp3) is 0.111. The molecule has 2 heterocycles. The number of hydrogen-bond donors (Lipinski definition) is 1. The van der Waals surface area contributed by atoms with Gasteiger partial charge in [-0.1, -0.05) is 30.3 Å². The SMILES string of the molecule is O=C(O)c1ccc(Cn2cccc2C(=O)OCc2ccccc2)o1. The van der Waals surface area contributed by atoms with Crippen molar-refractivity contribution < 1.29 is 23.8 Å². The van der Waals surface area contributed by atoms with E-state index in [1.165, 1.54) is 6.07 Å². The first-order chi connectivity index (χ1) is 11.6. The molecule has 0 aliphatic carbocycles. The van der Waals surface area contributed by atoms with Gasteiger partial charge in [-0.15, -0.1) is 0 Å². The Morgan fingerprint density at radius 2 is 1.83 bits per heavy atom. The molecule has 3 rings (SSSR count). The van der Waals surface area contributed by atoms with Crippen LogP contribution in [0.2, 0.25) is 0 Å². The molecule has 1 aromatic carbocycles. The maximum absolute atomic E-state index is 12.2. The highest BCUT2D eigenvalue weighted by molar-refractivity contribution is 5.87. The minimum absolute atomic E-state index is 0.134. The number of esters is 1. The van der Waals surface area contributed by atoms with Crippen LogP contribution in [0.1, 0.15) is 32.4 Å². The molecule has 0 unspecified atom stereocenters. The number of carboxylic acid groups (broad SMARTS) is 1. The maximum atomic E-state index is 12.2. The van der Waals surface area contributed by atoms with Crippen molar-refractivity contribution in [2.75, 3.05) is 0 Å². The van der Waals surface area contributed by atoms with Crippen LogP contribution in [0.25, 0.3) is 0 Å². The van der Waals surface area contributed by atoms with E-state index in [1.54, 1.807) is 29.0 Å². The maximum Gasteiger partial charge on any atom is 0.371 e. The lowest BCUT2D eigenvalue weighted by Gasteiger charge is -2.08. The Morgan fingerprint density at radius 1 is 1.04 bits per heavy atom. The van der Waals surface area contributed by atoms with E-state index >= 15 is 0 Å². The number of benzene rings is 1. The fourth-order valence-electron chi connectivity index (χ4n) is 2.28. The van der Waals surface area contributed by atoms with Gasteiger partial charge in [0.05, 0.1) is 6.54 Å². The molecule has 0 bridgehead atoms.